The van der Waals surface area contributed by atoms with E-state index in [1.807, 2.05) is 66.1 Å². The maximum absolute atomic E-state index is 12.8. The van der Waals surface area contributed by atoms with E-state index >= 15 is 0 Å². The third-order valence-electron chi connectivity index (χ3n) is 5.07. The van der Waals surface area contributed by atoms with E-state index in [9.17, 15) is 14.9 Å². The molecule has 9 nitrogen and oxygen atoms in total. The number of aryl methyl sites for hydroxylation is 1. The number of thioether (sulfide) groups is 1. The number of rotatable bonds is 9. The summed E-state index contributed by atoms with van der Waals surface area (Å²) in [6.45, 7) is 3.96. The van der Waals surface area contributed by atoms with Crippen LogP contribution in [0.3, 0.4) is 0 Å². The van der Waals surface area contributed by atoms with E-state index in [0.717, 1.165) is 17.0 Å². The van der Waals surface area contributed by atoms with Crippen LogP contribution < -0.4 is 10.1 Å². The standard InChI is InChI=1S/C25H23N5O4S/c1-17-7-6-10-22(15-17)34-16-23-27-28-25(29(23)20-8-4-3-5-9-20)35-18(2)24(31)26-19-11-13-21(14-12-19)30(32)33/h3-15,18H,16H2,1-2H3,(H,26,31). The summed E-state index contributed by atoms with van der Waals surface area (Å²) in [5.41, 5.74) is 2.38. The average Bonchev–Trinajstić information content (AvgIpc) is 3.26. The van der Waals surface area contributed by atoms with Gasteiger partial charge in [0.25, 0.3) is 5.69 Å². The molecule has 0 spiro atoms. The quantitative estimate of drug-likeness (QED) is 0.196. The number of hydrogen-bond acceptors (Lipinski definition) is 7. The van der Waals surface area contributed by atoms with Crippen molar-refractivity contribution in [2.45, 2.75) is 30.9 Å². The molecular formula is C25H23N5O4S. The van der Waals surface area contributed by atoms with Gasteiger partial charge in [0.15, 0.2) is 11.0 Å². The van der Waals surface area contributed by atoms with Crippen LogP contribution in [0.4, 0.5) is 11.4 Å². The molecule has 4 aromatic rings. The molecule has 3 aromatic carbocycles. The molecule has 0 aliphatic rings. The van der Waals surface area contributed by atoms with E-state index in [1.165, 1.54) is 36.0 Å². The molecule has 1 aromatic heterocycles. The number of nitro benzene ring substituents is 1. The first-order valence-corrected chi connectivity index (χ1v) is 11.7. The van der Waals surface area contributed by atoms with Crippen molar-refractivity contribution in [2.24, 2.45) is 0 Å². The van der Waals surface area contributed by atoms with Gasteiger partial charge in [-0.25, -0.2) is 0 Å². The number of amides is 1. The summed E-state index contributed by atoms with van der Waals surface area (Å²) in [6, 6.07) is 23.1. The molecular weight excluding hydrogens is 466 g/mol. The summed E-state index contributed by atoms with van der Waals surface area (Å²) in [4.78, 5) is 23.1. The number of aromatic nitrogens is 3. The van der Waals surface area contributed by atoms with Crippen LogP contribution in [0.15, 0.2) is 84.0 Å². The molecule has 1 N–H and O–H groups in total. The van der Waals surface area contributed by atoms with E-state index in [-0.39, 0.29) is 18.2 Å². The molecule has 0 radical (unpaired) electrons. The number of benzene rings is 3. The first-order chi connectivity index (χ1) is 16.9. The van der Waals surface area contributed by atoms with Gasteiger partial charge in [-0.2, -0.15) is 0 Å². The molecule has 10 heteroatoms. The predicted octanol–water partition coefficient (Wildman–Crippen LogP) is 5.18. The highest BCUT2D eigenvalue weighted by Gasteiger charge is 2.22. The van der Waals surface area contributed by atoms with E-state index in [4.69, 9.17) is 4.74 Å². The molecule has 1 amide bonds. The average molecular weight is 490 g/mol. The summed E-state index contributed by atoms with van der Waals surface area (Å²) >= 11 is 1.26. The lowest BCUT2D eigenvalue weighted by molar-refractivity contribution is -0.384. The number of carbonyl (C=O) groups excluding carboxylic acids is 1. The van der Waals surface area contributed by atoms with Crippen LogP contribution in [0.25, 0.3) is 5.69 Å². The highest BCUT2D eigenvalue weighted by Crippen LogP contribution is 2.27. The molecule has 0 aliphatic carbocycles. The molecule has 1 atom stereocenters. The fourth-order valence-electron chi connectivity index (χ4n) is 3.28. The molecule has 0 aliphatic heterocycles. The van der Waals surface area contributed by atoms with Gasteiger partial charge < -0.3 is 10.1 Å². The number of nitrogens with zero attached hydrogens (tertiary/aromatic N) is 4. The first-order valence-electron chi connectivity index (χ1n) is 10.8. The van der Waals surface area contributed by atoms with Crippen molar-refractivity contribution in [1.82, 2.24) is 14.8 Å². The fourth-order valence-corrected chi connectivity index (χ4v) is 4.17. The van der Waals surface area contributed by atoms with Gasteiger partial charge >= 0.3 is 0 Å². The van der Waals surface area contributed by atoms with E-state index < -0.39 is 10.2 Å². The van der Waals surface area contributed by atoms with Crippen molar-refractivity contribution >= 4 is 29.0 Å². The second-order valence-corrected chi connectivity index (χ2v) is 9.04. The van der Waals surface area contributed by atoms with Gasteiger partial charge in [-0.15, -0.1) is 10.2 Å². The smallest absolute Gasteiger partial charge is 0.269 e. The lowest BCUT2D eigenvalue weighted by atomic mass is 10.2. The minimum absolute atomic E-state index is 0.0400. The monoisotopic (exact) mass is 489 g/mol. The minimum Gasteiger partial charge on any atom is -0.486 e. The van der Waals surface area contributed by atoms with Gasteiger partial charge in [0.2, 0.25) is 5.91 Å². The summed E-state index contributed by atoms with van der Waals surface area (Å²) in [7, 11) is 0. The van der Waals surface area contributed by atoms with Gasteiger partial charge in [-0.05, 0) is 55.8 Å². The third kappa shape index (κ3) is 6.04. The molecule has 0 bridgehead atoms. The number of para-hydroxylation sites is 1. The van der Waals surface area contributed by atoms with Crippen molar-refractivity contribution < 1.29 is 14.5 Å². The fraction of sp³-hybridized carbons (Fsp3) is 0.160. The summed E-state index contributed by atoms with van der Waals surface area (Å²) < 4.78 is 7.82. The van der Waals surface area contributed by atoms with E-state index in [0.29, 0.717) is 16.7 Å². The number of non-ortho nitro benzene ring substituents is 1. The topological polar surface area (TPSA) is 112 Å². The normalized spacial score (nSPS) is 11.6. The van der Waals surface area contributed by atoms with Crippen molar-refractivity contribution in [1.29, 1.82) is 0 Å². The minimum atomic E-state index is -0.512. The van der Waals surface area contributed by atoms with Gasteiger partial charge in [0.1, 0.15) is 12.4 Å². The molecule has 0 saturated carbocycles. The Bertz CT molecular complexity index is 1330. The molecule has 1 unspecified atom stereocenters. The lowest BCUT2D eigenvalue weighted by Gasteiger charge is -2.14. The molecule has 1 heterocycles. The second-order valence-electron chi connectivity index (χ2n) is 7.73. The zero-order chi connectivity index (χ0) is 24.8. The Morgan fingerprint density at radius 2 is 1.83 bits per heavy atom. The van der Waals surface area contributed by atoms with Crippen LogP contribution in [0, 0.1) is 17.0 Å². The Morgan fingerprint density at radius 1 is 1.09 bits per heavy atom. The number of ether oxygens (including phenoxy) is 1. The number of nitro groups is 1. The molecule has 0 saturated heterocycles. The number of anilines is 1. The molecule has 0 fully saturated rings. The van der Waals surface area contributed by atoms with E-state index in [1.54, 1.807) is 6.92 Å². The van der Waals surface area contributed by atoms with Crippen LogP contribution >= 0.6 is 11.8 Å². The van der Waals surface area contributed by atoms with Crippen LogP contribution in [-0.2, 0) is 11.4 Å². The zero-order valence-electron chi connectivity index (χ0n) is 19.1. The Balaban J connectivity index is 1.51. The van der Waals surface area contributed by atoms with Crippen molar-refractivity contribution in [3.8, 4) is 11.4 Å². The lowest BCUT2D eigenvalue weighted by Crippen LogP contribution is -2.23. The van der Waals surface area contributed by atoms with Gasteiger partial charge in [-0.1, -0.05) is 42.1 Å². The van der Waals surface area contributed by atoms with Crippen LogP contribution in [-0.4, -0.2) is 30.8 Å². The number of carbonyl (C=O) groups is 1. The highest BCUT2D eigenvalue weighted by molar-refractivity contribution is 8.00. The van der Waals surface area contributed by atoms with Crippen LogP contribution in [0.2, 0.25) is 0 Å². The number of nitrogens with one attached hydrogen (secondary N) is 1. The van der Waals surface area contributed by atoms with E-state index in [2.05, 4.69) is 15.5 Å². The Hall–Kier alpha value is -4.18. The maximum Gasteiger partial charge on any atom is 0.269 e. The van der Waals surface area contributed by atoms with Crippen molar-refractivity contribution in [2.75, 3.05) is 5.32 Å². The van der Waals surface area contributed by atoms with Gasteiger partial charge in [-0.3, -0.25) is 19.5 Å². The van der Waals surface area contributed by atoms with Crippen molar-refractivity contribution in [3.05, 3.63) is 100 Å². The Labute approximate surface area is 206 Å². The van der Waals surface area contributed by atoms with Crippen LogP contribution in [0.1, 0.15) is 18.3 Å². The Morgan fingerprint density at radius 3 is 2.51 bits per heavy atom. The zero-order valence-corrected chi connectivity index (χ0v) is 19.9. The number of hydrogen-bond donors (Lipinski definition) is 1. The van der Waals surface area contributed by atoms with Crippen LogP contribution in [0.5, 0.6) is 5.75 Å². The molecule has 178 valence electrons. The van der Waals surface area contributed by atoms with Gasteiger partial charge in [0, 0.05) is 23.5 Å². The van der Waals surface area contributed by atoms with Crippen molar-refractivity contribution in [3.63, 3.8) is 0 Å². The predicted molar refractivity (Wildman–Crippen MR) is 134 cm³/mol. The van der Waals surface area contributed by atoms with Gasteiger partial charge in [0.05, 0.1) is 10.2 Å². The Kier molecular flexibility index (Phi) is 7.41. The molecule has 35 heavy (non-hydrogen) atoms. The highest BCUT2D eigenvalue weighted by atomic mass is 32.2. The maximum atomic E-state index is 12.8. The molecule has 4 rings (SSSR count). The summed E-state index contributed by atoms with van der Waals surface area (Å²) in [5, 5.41) is 22.3. The summed E-state index contributed by atoms with van der Waals surface area (Å²) in [6.07, 6.45) is 0. The first kappa shape index (κ1) is 24.0. The third-order valence-corrected chi connectivity index (χ3v) is 6.11. The SMILES string of the molecule is Cc1cccc(OCc2nnc(SC(C)C(=O)Nc3ccc([N+](=O)[O-])cc3)n2-c2ccccc2)c1. The second kappa shape index (κ2) is 10.8. The summed E-state index contributed by atoms with van der Waals surface area (Å²) in [5.74, 6) is 1.07. The largest absolute Gasteiger partial charge is 0.486 e.